The summed E-state index contributed by atoms with van der Waals surface area (Å²) < 4.78 is 5.51. The number of fused-ring (bicyclic) bond motifs is 1. The minimum Gasteiger partial charge on any atom is -0.458 e. The van der Waals surface area contributed by atoms with Crippen molar-refractivity contribution in [3.05, 3.63) is 12.2 Å². The van der Waals surface area contributed by atoms with Gasteiger partial charge < -0.3 is 14.9 Å². The Hall–Kier alpha value is -0.870. The largest absolute Gasteiger partial charge is 0.458 e. The van der Waals surface area contributed by atoms with E-state index in [1.54, 1.807) is 0 Å². The molecule has 0 amide bonds. The van der Waals surface area contributed by atoms with Crippen LogP contribution in [0.5, 0.6) is 0 Å². The van der Waals surface area contributed by atoms with Gasteiger partial charge in [-0.25, -0.2) is 0 Å². The van der Waals surface area contributed by atoms with Crippen LogP contribution in [0.4, 0.5) is 0 Å². The summed E-state index contributed by atoms with van der Waals surface area (Å²) in [6.07, 6.45) is 0.756. The van der Waals surface area contributed by atoms with Crippen molar-refractivity contribution in [3.63, 3.8) is 0 Å². The van der Waals surface area contributed by atoms with E-state index >= 15 is 0 Å². The highest BCUT2D eigenvalue weighted by Gasteiger charge is 2.72. The Morgan fingerprint density at radius 2 is 2.05 bits per heavy atom. The van der Waals surface area contributed by atoms with Crippen molar-refractivity contribution in [2.45, 2.75) is 57.8 Å². The zero-order valence-corrected chi connectivity index (χ0v) is 11.6. The van der Waals surface area contributed by atoms with Crippen molar-refractivity contribution in [2.24, 2.45) is 16.7 Å². The van der Waals surface area contributed by atoms with Crippen LogP contribution in [-0.4, -0.2) is 34.5 Å². The van der Waals surface area contributed by atoms with Crippen molar-refractivity contribution < 1.29 is 19.7 Å². The Bertz CT molecular complexity index is 445. The minimum absolute atomic E-state index is 0.00653. The molecule has 3 rings (SSSR count). The second-order valence-corrected chi connectivity index (χ2v) is 6.75. The number of carbonyl (C=O) groups is 1. The average molecular weight is 266 g/mol. The molecule has 1 spiro atoms. The first kappa shape index (κ1) is 13.1. The summed E-state index contributed by atoms with van der Waals surface area (Å²) >= 11 is 0. The van der Waals surface area contributed by atoms with E-state index < -0.39 is 29.1 Å². The van der Waals surface area contributed by atoms with E-state index in [9.17, 15) is 15.0 Å². The van der Waals surface area contributed by atoms with Crippen LogP contribution in [0.2, 0.25) is 0 Å². The van der Waals surface area contributed by atoms with Crippen LogP contribution in [0.15, 0.2) is 12.2 Å². The lowest BCUT2D eigenvalue weighted by atomic mass is 9.62. The van der Waals surface area contributed by atoms with Crippen molar-refractivity contribution >= 4 is 5.97 Å². The molecule has 2 saturated carbocycles. The third-order valence-electron chi connectivity index (χ3n) is 5.99. The minimum atomic E-state index is -0.915. The molecule has 0 aromatic heterocycles. The lowest BCUT2D eigenvalue weighted by Gasteiger charge is -2.40. The van der Waals surface area contributed by atoms with Crippen LogP contribution in [-0.2, 0) is 9.53 Å². The molecule has 4 nitrogen and oxygen atoms in total. The van der Waals surface area contributed by atoms with Gasteiger partial charge in [-0.2, -0.15) is 0 Å². The van der Waals surface area contributed by atoms with Gasteiger partial charge in [0.25, 0.3) is 0 Å². The average Bonchev–Trinajstić information content (AvgIpc) is 2.69. The maximum atomic E-state index is 12.4. The van der Waals surface area contributed by atoms with E-state index in [4.69, 9.17) is 4.74 Å². The van der Waals surface area contributed by atoms with Gasteiger partial charge in [-0.15, -0.1) is 0 Å². The third-order valence-corrected chi connectivity index (χ3v) is 5.99. The van der Waals surface area contributed by atoms with Crippen molar-refractivity contribution in [1.29, 1.82) is 0 Å². The lowest BCUT2D eigenvalue weighted by molar-refractivity contribution is -0.160. The number of carbonyl (C=O) groups excluding carboxylic acids is 1. The molecule has 2 bridgehead atoms. The van der Waals surface area contributed by atoms with Gasteiger partial charge in [0.1, 0.15) is 17.6 Å². The van der Waals surface area contributed by atoms with Crippen LogP contribution < -0.4 is 0 Å². The second kappa shape index (κ2) is 3.83. The Balaban J connectivity index is 2.12. The monoisotopic (exact) mass is 266 g/mol. The van der Waals surface area contributed by atoms with E-state index in [2.05, 4.69) is 6.58 Å². The van der Waals surface area contributed by atoms with Gasteiger partial charge in [-0.05, 0) is 32.6 Å². The summed E-state index contributed by atoms with van der Waals surface area (Å²) in [7, 11) is 0. The number of rotatable bonds is 1. The Morgan fingerprint density at radius 1 is 1.37 bits per heavy atom. The fraction of sp³-hybridized carbons (Fsp3) is 0.800. The fourth-order valence-corrected chi connectivity index (χ4v) is 4.62. The molecule has 2 N–H and O–H groups in total. The molecule has 106 valence electrons. The summed E-state index contributed by atoms with van der Waals surface area (Å²) in [5.41, 5.74) is -0.559. The maximum absolute atomic E-state index is 12.4. The molecule has 0 radical (unpaired) electrons. The van der Waals surface area contributed by atoms with Crippen molar-refractivity contribution in [3.8, 4) is 0 Å². The molecular formula is C15H22O4. The fourth-order valence-electron chi connectivity index (χ4n) is 4.62. The molecule has 0 aromatic rings. The number of hydrogen-bond acceptors (Lipinski definition) is 4. The van der Waals surface area contributed by atoms with E-state index in [1.165, 1.54) is 0 Å². The normalized spacial score (nSPS) is 52.5. The Labute approximate surface area is 113 Å². The summed E-state index contributed by atoms with van der Waals surface area (Å²) in [6.45, 7) is 7.81. The first-order valence-corrected chi connectivity index (χ1v) is 7.07. The lowest BCUT2D eigenvalue weighted by Crippen LogP contribution is -2.50. The zero-order chi connectivity index (χ0) is 14.0. The highest BCUT2D eigenvalue weighted by molar-refractivity contribution is 5.82. The summed E-state index contributed by atoms with van der Waals surface area (Å²) in [4.78, 5) is 12.4. The highest BCUT2D eigenvalue weighted by Crippen LogP contribution is 2.64. The number of hydrogen-bond donors (Lipinski definition) is 2. The number of esters is 1. The molecular weight excluding hydrogens is 244 g/mol. The Kier molecular flexibility index (Phi) is 2.64. The van der Waals surface area contributed by atoms with Gasteiger partial charge in [-0.1, -0.05) is 19.1 Å². The first-order valence-electron chi connectivity index (χ1n) is 7.07. The molecule has 3 aliphatic rings. The predicted molar refractivity (Wildman–Crippen MR) is 69.2 cm³/mol. The van der Waals surface area contributed by atoms with E-state index in [-0.39, 0.29) is 11.9 Å². The molecule has 19 heavy (non-hydrogen) atoms. The first-order chi connectivity index (χ1) is 8.84. The van der Waals surface area contributed by atoms with Crippen LogP contribution in [0, 0.1) is 16.7 Å². The summed E-state index contributed by atoms with van der Waals surface area (Å²) in [5.74, 6) is -0.331. The molecule has 1 aliphatic heterocycles. The van der Waals surface area contributed by atoms with Gasteiger partial charge in [0, 0.05) is 11.3 Å². The SMILES string of the molecule is C=C(C)[C@H]1CC[C@]2(C)[C@@H](O)CC[C@@]23C(=O)O[C@@H]1C3O. The van der Waals surface area contributed by atoms with Crippen LogP contribution >= 0.6 is 0 Å². The predicted octanol–water partition coefficient (Wildman–Crippen LogP) is 1.41. The van der Waals surface area contributed by atoms with Gasteiger partial charge in [0.2, 0.25) is 0 Å². The standard InChI is InChI=1S/C15H22O4/c1-8(2)9-4-6-14(3)10(16)5-7-15(14)12(17)11(9)19-13(15)18/h9-12,16-17H,1,4-7H2,2-3H3/t9-,10+,11+,12?,14-,15-/m1/s1. The Morgan fingerprint density at radius 3 is 2.68 bits per heavy atom. The highest BCUT2D eigenvalue weighted by atomic mass is 16.6. The van der Waals surface area contributed by atoms with Gasteiger partial charge in [0.15, 0.2) is 0 Å². The topological polar surface area (TPSA) is 66.8 Å². The van der Waals surface area contributed by atoms with Gasteiger partial charge in [0.05, 0.1) is 6.10 Å². The van der Waals surface area contributed by atoms with E-state index in [0.717, 1.165) is 18.4 Å². The maximum Gasteiger partial charge on any atom is 0.315 e. The molecule has 2 aliphatic carbocycles. The zero-order valence-electron chi connectivity index (χ0n) is 11.6. The summed E-state index contributed by atoms with van der Waals surface area (Å²) in [5, 5.41) is 21.1. The van der Waals surface area contributed by atoms with E-state index in [1.807, 2.05) is 13.8 Å². The molecule has 1 heterocycles. The number of ether oxygens (including phenoxy) is 1. The second-order valence-electron chi connectivity index (χ2n) is 6.75. The van der Waals surface area contributed by atoms with Gasteiger partial charge >= 0.3 is 5.97 Å². The molecule has 1 saturated heterocycles. The summed E-state index contributed by atoms with van der Waals surface area (Å²) in [6, 6.07) is 0. The smallest absolute Gasteiger partial charge is 0.315 e. The van der Waals surface area contributed by atoms with Crippen LogP contribution in [0.1, 0.15) is 39.5 Å². The molecule has 1 unspecified atom stereocenters. The van der Waals surface area contributed by atoms with Crippen LogP contribution in [0.25, 0.3) is 0 Å². The van der Waals surface area contributed by atoms with Crippen LogP contribution in [0.3, 0.4) is 0 Å². The quantitative estimate of drug-likeness (QED) is 0.556. The van der Waals surface area contributed by atoms with E-state index in [0.29, 0.717) is 12.8 Å². The molecule has 6 atom stereocenters. The van der Waals surface area contributed by atoms with Crippen molar-refractivity contribution in [1.82, 2.24) is 0 Å². The molecule has 4 heteroatoms. The number of aliphatic hydroxyl groups excluding tert-OH is 2. The molecule has 0 aromatic carbocycles. The van der Waals surface area contributed by atoms with Gasteiger partial charge in [-0.3, -0.25) is 4.79 Å². The number of aliphatic hydroxyl groups is 2. The third kappa shape index (κ3) is 1.34. The van der Waals surface area contributed by atoms with Crippen molar-refractivity contribution in [2.75, 3.05) is 0 Å². The molecule has 3 fully saturated rings.